The number of phenolic OH excluding ortho intramolecular Hbond substituents is 1. The second-order valence-corrected chi connectivity index (χ2v) is 5.86. The van der Waals surface area contributed by atoms with Crippen molar-refractivity contribution in [2.75, 3.05) is 5.32 Å². The zero-order chi connectivity index (χ0) is 20.5. The number of amides is 2. The molecule has 0 spiro atoms. The molecule has 2 aromatic rings. The largest absolute Gasteiger partial charge is 0.508 e. The smallest absolute Gasteiger partial charge is 0.412 e. The number of carbonyl (C=O) groups is 3. The molecule has 2 aromatic carbocycles. The topological polar surface area (TPSA) is 125 Å². The molecular formula is C20H20N2O6. The number of nitrogens with one attached hydrogen (secondary N) is 2. The lowest BCUT2D eigenvalue weighted by molar-refractivity contribution is -0.124. The Morgan fingerprint density at radius 3 is 2.29 bits per heavy atom. The average Bonchev–Trinajstić information content (AvgIpc) is 2.68. The van der Waals surface area contributed by atoms with Crippen molar-refractivity contribution in [3.05, 3.63) is 71.8 Å². The van der Waals surface area contributed by atoms with Crippen LogP contribution >= 0.6 is 0 Å². The minimum atomic E-state index is -0.736. The predicted octanol–water partition coefficient (Wildman–Crippen LogP) is 3.34. The maximum atomic E-state index is 12.2. The lowest BCUT2D eigenvalue weighted by Crippen LogP contribution is -2.18. The Morgan fingerprint density at radius 2 is 1.71 bits per heavy atom. The van der Waals surface area contributed by atoms with Gasteiger partial charge in [-0.3, -0.25) is 20.1 Å². The van der Waals surface area contributed by atoms with Gasteiger partial charge in [0.05, 0.1) is 0 Å². The monoisotopic (exact) mass is 384 g/mol. The molecule has 0 fully saturated rings. The Kier molecular flexibility index (Phi) is 7.29. The van der Waals surface area contributed by atoms with Gasteiger partial charge in [0.1, 0.15) is 11.9 Å². The number of benzene rings is 2. The lowest BCUT2D eigenvalue weighted by Gasteiger charge is -2.17. The van der Waals surface area contributed by atoms with E-state index >= 15 is 0 Å². The van der Waals surface area contributed by atoms with Gasteiger partial charge in [-0.1, -0.05) is 18.2 Å². The first-order valence-corrected chi connectivity index (χ1v) is 8.37. The van der Waals surface area contributed by atoms with Crippen LogP contribution in [0.1, 0.15) is 35.4 Å². The molecule has 4 N–H and O–H groups in total. The third-order valence-corrected chi connectivity index (χ3v) is 3.78. The fraction of sp³-hybridized carbons (Fsp3) is 0.150. The summed E-state index contributed by atoms with van der Waals surface area (Å²) >= 11 is 0. The first kappa shape index (κ1) is 20.7. The second kappa shape index (κ2) is 9.89. The Balaban J connectivity index is 2.08. The van der Waals surface area contributed by atoms with Crippen LogP contribution in [0.3, 0.4) is 0 Å². The van der Waals surface area contributed by atoms with Crippen LogP contribution in [0.4, 0.5) is 10.5 Å². The summed E-state index contributed by atoms with van der Waals surface area (Å²) in [5.41, 5.74) is 3.05. The van der Waals surface area contributed by atoms with Crippen LogP contribution in [0.25, 0.3) is 0 Å². The highest BCUT2D eigenvalue weighted by atomic mass is 16.6. The van der Waals surface area contributed by atoms with Crippen LogP contribution in [0.15, 0.2) is 60.7 Å². The molecule has 0 radical (unpaired) electrons. The molecule has 8 nitrogen and oxygen atoms in total. The van der Waals surface area contributed by atoms with Gasteiger partial charge in [0, 0.05) is 23.7 Å². The summed E-state index contributed by atoms with van der Waals surface area (Å²) in [5, 5.41) is 20.5. The number of ether oxygens (including phenoxy) is 1. The van der Waals surface area contributed by atoms with E-state index in [4.69, 9.17) is 9.94 Å². The molecule has 0 saturated heterocycles. The predicted molar refractivity (Wildman–Crippen MR) is 101 cm³/mol. The van der Waals surface area contributed by atoms with Gasteiger partial charge >= 0.3 is 6.09 Å². The van der Waals surface area contributed by atoms with Gasteiger partial charge in [0.15, 0.2) is 5.78 Å². The van der Waals surface area contributed by atoms with Crippen LogP contribution in [-0.4, -0.2) is 28.1 Å². The first-order chi connectivity index (χ1) is 13.4. The van der Waals surface area contributed by atoms with Gasteiger partial charge in [-0.2, -0.15) is 0 Å². The van der Waals surface area contributed by atoms with Crippen LogP contribution in [0, 0.1) is 0 Å². The molecule has 0 saturated carbocycles. The summed E-state index contributed by atoms with van der Waals surface area (Å²) in [6.45, 7) is 1.45. The van der Waals surface area contributed by atoms with Crippen molar-refractivity contribution < 1.29 is 29.4 Å². The number of carbonyl (C=O) groups excluding carboxylic acids is 3. The second-order valence-electron chi connectivity index (χ2n) is 5.86. The van der Waals surface area contributed by atoms with E-state index in [2.05, 4.69) is 5.32 Å². The maximum absolute atomic E-state index is 12.2. The van der Waals surface area contributed by atoms with Crippen molar-refractivity contribution in [3.8, 4) is 5.75 Å². The maximum Gasteiger partial charge on any atom is 0.412 e. The first-order valence-electron chi connectivity index (χ1n) is 8.37. The van der Waals surface area contributed by atoms with E-state index in [0.29, 0.717) is 16.8 Å². The minimum absolute atomic E-state index is 0.0627. The summed E-state index contributed by atoms with van der Waals surface area (Å²) in [5.74, 6) is -0.729. The van der Waals surface area contributed by atoms with Gasteiger partial charge in [-0.05, 0) is 48.9 Å². The Morgan fingerprint density at radius 1 is 1.07 bits per heavy atom. The number of rotatable bonds is 7. The third kappa shape index (κ3) is 6.26. The summed E-state index contributed by atoms with van der Waals surface area (Å²) in [4.78, 5) is 34.6. The fourth-order valence-electron chi connectivity index (χ4n) is 2.34. The van der Waals surface area contributed by atoms with E-state index in [1.165, 1.54) is 30.6 Å². The molecule has 8 heteroatoms. The molecular weight excluding hydrogens is 364 g/mol. The van der Waals surface area contributed by atoms with Crippen molar-refractivity contribution in [1.82, 2.24) is 5.48 Å². The molecule has 0 bridgehead atoms. The molecule has 2 rings (SSSR count). The molecule has 28 heavy (non-hydrogen) atoms. The van der Waals surface area contributed by atoms with E-state index in [0.717, 1.165) is 6.08 Å². The highest BCUT2D eigenvalue weighted by molar-refractivity contribution is 5.95. The minimum Gasteiger partial charge on any atom is -0.508 e. The van der Waals surface area contributed by atoms with Crippen LogP contribution < -0.4 is 10.8 Å². The standard InChI is InChI=1S/C20H20N2O6/c1-13(23)14-5-9-16(10-6-14)21-20(26)28-18(3-2-4-19(25)22-27)15-7-11-17(24)12-8-15/h2,4-12,18,24,27H,3H2,1H3,(H,21,26)(H,22,25)/b4-2+/t18-/m1/s1. The molecule has 0 aromatic heterocycles. The molecule has 0 unspecified atom stereocenters. The van der Waals surface area contributed by atoms with Crippen LogP contribution in [0.5, 0.6) is 5.75 Å². The fourth-order valence-corrected chi connectivity index (χ4v) is 2.34. The third-order valence-electron chi connectivity index (χ3n) is 3.78. The zero-order valence-electron chi connectivity index (χ0n) is 15.1. The van der Waals surface area contributed by atoms with Crippen molar-refractivity contribution in [2.24, 2.45) is 0 Å². The van der Waals surface area contributed by atoms with Gasteiger partial charge in [-0.25, -0.2) is 10.3 Å². The number of hydrogen-bond acceptors (Lipinski definition) is 6. The molecule has 146 valence electrons. The van der Waals surface area contributed by atoms with E-state index in [9.17, 15) is 19.5 Å². The number of aromatic hydroxyl groups is 1. The molecule has 0 heterocycles. The number of hydrogen-bond donors (Lipinski definition) is 4. The Hall–Kier alpha value is -3.65. The van der Waals surface area contributed by atoms with Gasteiger partial charge in [-0.15, -0.1) is 0 Å². The number of ketones is 1. The number of anilines is 1. The van der Waals surface area contributed by atoms with E-state index in [-0.39, 0.29) is 18.0 Å². The highest BCUT2D eigenvalue weighted by Crippen LogP contribution is 2.24. The zero-order valence-corrected chi connectivity index (χ0v) is 15.1. The summed E-state index contributed by atoms with van der Waals surface area (Å²) in [6, 6.07) is 12.4. The van der Waals surface area contributed by atoms with Gasteiger partial charge in [0.25, 0.3) is 5.91 Å². The van der Waals surface area contributed by atoms with E-state index in [1.807, 2.05) is 0 Å². The average molecular weight is 384 g/mol. The molecule has 0 aliphatic heterocycles. The highest BCUT2D eigenvalue weighted by Gasteiger charge is 2.16. The van der Waals surface area contributed by atoms with Crippen LogP contribution in [0.2, 0.25) is 0 Å². The van der Waals surface area contributed by atoms with Crippen molar-refractivity contribution in [1.29, 1.82) is 0 Å². The van der Waals surface area contributed by atoms with Crippen LogP contribution in [-0.2, 0) is 9.53 Å². The quantitative estimate of drug-likeness (QED) is 0.251. The Bertz CT molecular complexity index is 859. The molecule has 0 aliphatic carbocycles. The van der Waals surface area contributed by atoms with Crippen molar-refractivity contribution in [2.45, 2.75) is 19.4 Å². The lowest BCUT2D eigenvalue weighted by atomic mass is 10.1. The van der Waals surface area contributed by atoms with Crippen molar-refractivity contribution in [3.63, 3.8) is 0 Å². The normalized spacial score (nSPS) is 11.6. The number of Topliss-reactive ketones (excluding diaryl/α,β-unsaturated/α-hetero) is 1. The molecule has 2 amide bonds. The van der Waals surface area contributed by atoms with E-state index in [1.54, 1.807) is 36.4 Å². The number of phenols is 1. The Labute approximate surface area is 161 Å². The van der Waals surface area contributed by atoms with E-state index < -0.39 is 18.1 Å². The molecule has 1 atom stereocenters. The number of hydroxylamine groups is 1. The van der Waals surface area contributed by atoms with Gasteiger partial charge in [0.2, 0.25) is 0 Å². The van der Waals surface area contributed by atoms with Gasteiger partial charge < -0.3 is 9.84 Å². The van der Waals surface area contributed by atoms with Crippen molar-refractivity contribution >= 4 is 23.5 Å². The SMILES string of the molecule is CC(=O)c1ccc(NC(=O)O[C@H](C/C=C/C(=O)NO)c2ccc(O)cc2)cc1. The molecule has 0 aliphatic rings. The summed E-state index contributed by atoms with van der Waals surface area (Å²) in [6.07, 6.45) is 1.25. The summed E-state index contributed by atoms with van der Waals surface area (Å²) in [7, 11) is 0. The summed E-state index contributed by atoms with van der Waals surface area (Å²) < 4.78 is 5.43.